The van der Waals surface area contributed by atoms with Gasteiger partial charge in [-0.15, -0.1) is 0 Å². The predicted molar refractivity (Wildman–Crippen MR) is 118 cm³/mol. The summed E-state index contributed by atoms with van der Waals surface area (Å²) in [6, 6.07) is 9.99. The summed E-state index contributed by atoms with van der Waals surface area (Å²) in [5.41, 5.74) is 6.94. The average molecular weight is 413 g/mol. The Hall–Kier alpha value is -3.02. The highest BCUT2D eigenvalue weighted by Crippen LogP contribution is 2.39. The van der Waals surface area contributed by atoms with Crippen molar-refractivity contribution >= 4 is 11.8 Å². The van der Waals surface area contributed by atoms with Gasteiger partial charge < -0.3 is 10.2 Å². The van der Waals surface area contributed by atoms with E-state index in [2.05, 4.69) is 10.9 Å². The second kappa shape index (κ2) is 8.78. The standard InChI is InChI=1S/C24H32N2O4/c1-23(2,3)17-13-15(14-18(21(17)29)24(4,5)6)11-12-20(28)25-26-22(30)16-9-7-8-10-19(16)27/h7-10,13-14,27,29H,11-12H2,1-6H3,(H,25,28)(H,26,30). The smallest absolute Gasteiger partial charge is 0.273 e. The minimum Gasteiger partial charge on any atom is -0.507 e. The number of phenols is 2. The number of nitrogens with one attached hydrogen (secondary N) is 2. The van der Waals surface area contributed by atoms with Crippen molar-refractivity contribution in [2.75, 3.05) is 0 Å². The molecule has 0 radical (unpaired) electrons. The first-order chi connectivity index (χ1) is 13.8. The van der Waals surface area contributed by atoms with Gasteiger partial charge in [-0.25, -0.2) is 0 Å². The van der Waals surface area contributed by atoms with Gasteiger partial charge in [0.15, 0.2) is 0 Å². The van der Waals surface area contributed by atoms with E-state index in [1.165, 1.54) is 12.1 Å². The van der Waals surface area contributed by atoms with E-state index in [0.717, 1.165) is 16.7 Å². The lowest BCUT2D eigenvalue weighted by Gasteiger charge is -2.28. The molecule has 0 aliphatic rings. The lowest BCUT2D eigenvalue weighted by Crippen LogP contribution is -2.41. The Labute approximate surface area is 178 Å². The van der Waals surface area contributed by atoms with Crippen LogP contribution in [0.5, 0.6) is 11.5 Å². The molecule has 0 heterocycles. The molecular formula is C24H32N2O4. The highest BCUT2D eigenvalue weighted by molar-refractivity contribution is 5.97. The Morgan fingerprint density at radius 3 is 1.90 bits per heavy atom. The van der Waals surface area contributed by atoms with Crippen LogP contribution in [0.2, 0.25) is 0 Å². The van der Waals surface area contributed by atoms with Crippen molar-refractivity contribution in [1.29, 1.82) is 0 Å². The summed E-state index contributed by atoms with van der Waals surface area (Å²) in [7, 11) is 0. The molecule has 162 valence electrons. The number of carbonyl (C=O) groups excluding carboxylic acids is 2. The first-order valence-electron chi connectivity index (χ1n) is 10.0. The molecule has 2 aromatic rings. The maximum atomic E-state index is 12.2. The quantitative estimate of drug-likeness (QED) is 0.569. The highest BCUT2D eigenvalue weighted by Gasteiger charge is 2.26. The van der Waals surface area contributed by atoms with Crippen LogP contribution in [0.15, 0.2) is 36.4 Å². The van der Waals surface area contributed by atoms with E-state index >= 15 is 0 Å². The highest BCUT2D eigenvalue weighted by atomic mass is 16.3. The first-order valence-corrected chi connectivity index (χ1v) is 10.0. The molecule has 0 atom stereocenters. The maximum absolute atomic E-state index is 12.2. The molecule has 2 amide bonds. The van der Waals surface area contributed by atoms with Gasteiger partial charge in [-0.05, 0) is 46.1 Å². The van der Waals surface area contributed by atoms with E-state index in [1.807, 2.05) is 53.7 Å². The van der Waals surface area contributed by atoms with Crippen molar-refractivity contribution < 1.29 is 19.8 Å². The van der Waals surface area contributed by atoms with Crippen molar-refractivity contribution in [2.24, 2.45) is 0 Å². The summed E-state index contributed by atoms with van der Waals surface area (Å²) < 4.78 is 0. The topological polar surface area (TPSA) is 98.7 Å². The van der Waals surface area contributed by atoms with Crippen LogP contribution in [0.25, 0.3) is 0 Å². The van der Waals surface area contributed by atoms with Gasteiger partial charge in [-0.3, -0.25) is 20.4 Å². The van der Waals surface area contributed by atoms with Gasteiger partial charge in [0, 0.05) is 6.42 Å². The largest absolute Gasteiger partial charge is 0.507 e. The zero-order valence-electron chi connectivity index (χ0n) is 18.6. The summed E-state index contributed by atoms with van der Waals surface area (Å²) >= 11 is 0. The molecule has 30 heavy (non-hydrogen) atoms. The number of aryl methyl sites for hydroxylation is 1. The summed E-state index contributed by atoms with van der Waals surface area (Å²) in [5, 5.41) is 20.5. The van der Waals surface area contributed by atoms with Crippen LogP contribution in [0, 0.1) is 0 Å². The molecule has 6 heteroatoms. The molecule has 0 saturated carbocycles. The third-order valence-electron chi connectivity index (χ3n) is 4.89. The van der Waals surface area contributed by atoms with Gasteiger partial charge in [-0.2, -0.15) is 0 Å². The molecule has 4 N–H and O–H groups in total. The monoisotopic (exact) mass is 412 g/mol. The van der Waals surface area contributed by atoms with Gasteiger partial charge >= 0.3 is 0 Å². The Morgan fingerprint density at radius 2 is 1.40 bits per heavy atom. The normalized spacial score (nSPS) is 11.8. The lowest BCUT2D eigenvalue weighted by atomic mass is 9.78. The van der Waals surface area contributed by atoms with Crippen molar-refractivity contribution in [1.82, 2.24) is 10.9 Å². The number of hydrazine groups is 1. The molecule has 6 nitrogen and oxygen atoms in total. The average Bonchev–Trinajstić information content (AvgIpc) is 2.63. The number of benzene rings is 2. The molecule has 0 spiro atoms. The number of carbonyl (C=O) groups is 2. The van der Waals surface area contributed by atoms with Crippen LogP contribution in [0.3, 0.4) is 0 Å². The Bertz CT molecular complexity index is 902. The summed E-state index contributed by atoms with van der Waals surface area (Å²) in [4.78, 5) is 24.3. The minimum absolute atomic E-state index is 0.0842. The van der Waals surface area contributed by atoms with Crippen LogP contribution in [-0.2, 0) is 22.0 Å². The first kappa shape index (κ1) is 23.3. The summed E-state index contributed by atoms with van der Waals surface area (Å²) in [5.74, 6) is -0.784. The van der Waals surface area contributed by atoms with Gasteiger partial charge in [0.25, 0.3) is 5.91 Å². The van der Waals surface area contributed by atoms with E-state index in [1.54, 1.807) is 12.1 Å². The molecule has 0 saturated heterocycles. The third kappa shape index (κ3) is 5.75. The number of hydrogen-bond acceptors (Lipinski definition) is 4. The zero-order chi connectivity index (χ0) is 22.7. The number of amides is 2. The number of hydrogen-bond donors (Lipinski definition) is 4. The molecule has 0 aliphatic heterocycles. The lowest BCUT2D eigenvalue weighted by molar-refractivity contribution is -0.121. The molecule has 2 rings (SSSR count). The van der Waals surface area contributed by atoms with Crippen LogP contribution >= 0.6 is 0 Å². The number of phenolic OH excluding ortho intramolecular Hbond substituents is 2. The molecule has 0 aromatic heterocycles. The van der Waals surface area contributed by atoms with Gasteiger partial charge in [0.2, 0.25) is 5.91 Å². The minimum atomic E-state index is -0.587. The van der Waals surface area contributed by atoms with E-state index in [4.69, 9.17) is 0 Å². The van der Waals surface area contributed by atoms with Gasteiger partial charge in [0.05, 0.1) is 5.56 Å². The molecule has 0 aliphatic carbocycles. The molecule has 0 bridgehead atoms. The van der Waals surface area contributed by atoms with Crippen LogP contribution < -0.4 is 10.9 Å². The summed E-state index contributed by atoms with van der Waals surface area (Å²) in [6.45, 7) is 12.2. The van der Waals surface area contributed by atoms with Gasteiger partial charge in [-0.1, -0.05) is 65.8 Å². The van der Waals surface area contributed by atoms with E-state index < -0.39 is 5.91 Å². The fourth-order valence-electron chi connectivity index (χ4n) is 3.16. The Morgan fingerprint density at radius 1 is 0.867 bits per heavy atom. The van der Waals surface area contributed by atoms with Crippen molar-refractivity contribution in [2.45, 2.75) is 65.2 Å². The molecule has 0 fully saturated rings. The number of aromatic hydroxyl groups is 2. The Balaban J connectivity index is 2.08. The molecule has 0 unspecified atom stereocenters. The fourth-order valence-corrected chi connectivity index (χ4v) is 3.16. The molecule has 2 aromatic carbocycles. The maximum Gasteiger partial charge on any atom is 0.273 e. The zero-order valence-corrected chi connectivity index (χ0v) is 18.6. The predicted octanol–water partition coefficient (Wildman–Crippen LogP) is 4.09. The van der Waals surface area contributed by atoms with E-state index in [-0.39, 0.29) is 34.5 Å². The fraction of sp³-hybridized carbons (Fsp3) is 0.417. The second-order valence-electron chi connectivity index (χ2n) is 9.56. The SMILES string of the molecule is CC(C)(C)c1cc(CCC(=O)NNC(=O)c2ccccc2O)cc(C(C)(C)C)c1O. The van der Waals surface area contributed by atoms with Crippen LogP contribution in [-0.4, -0.2) is 22.0 Å². The van der Waals surface area contributed by atoms with Crippen molar-refractivity contribution in [3.63, 3.8) is 0 Å². The molecular weight excluding hydrogens is 380 g/mol. The second-order valence-corrected chi connectivity index (χ2v) is 9.56. The van der Waals surface area contributed by atoms with E-state index in [9.17, 15) is 19.8 Å². The van der Waals surface area contributed by atoms with Crippen LogP contribution in [0.1, 0.15) is 75.0 Å². The van der Waals surface area contributed by atoms with Crippen LogP contribution in [0.4, 0.5) is 0 Å². The Kier molecular flexibility index (Phi) is 6.80. The number of para-hydroxylation sites is 1. The number of rotatable bonds is 4. The van der Waals surface area contributed by atoms with Gasteiger partial charge in [0.1, 0.15) is 11.5 Å². The van der Waals surface area contributed by atoms with Crippen molar-refractivity contribution in [3.8, 4) is 11.5 Å². The van der Waals surface area contributed by atoms with E-state index in [0.29, 0.717) is 12.2 Å². The summed E-state index contributed by atoms with van der Waals surface area (Å²) in [6.07, 6.45) is 0.629. The van der Waals surface area contributed by atoms with Crippen molar-refractivity contribution in [3.05, 3.63) is 58.7 Å². The third-order valence-corrected chi connectivity index (χ3v) is 4.89.